The molecule has 0 bridgehead atoms. The summed E-state index contributed by atoms with van der Waals surface area (Å²) in [7, 11) is 3.83. The highest BCUT2D eigenvalue weighted by molar-refractivity contribution is 9.10. The van der Waals surface area contributed by atoms with E-state index in [-0.39, 0.29) is 11.3 Å². The van der Waals surface area contributed by atoms with E-state index in [4.69, 9.17) is 4.74 Å². The van der Waals surface area contributed by atoms with Crippen molar-refractivity contribution in [2.75, 3.05) is 33.8 Å². The summed E-state index contributed by atoms with van der Waals surface area (Å²) in [5, 5.41) is 11.2. The lowest BCUT2D eigenvalue weighted by molar-refractivity contribution is -0.140. The number of hydrogen-bond donors (Lipinski definition) is 1. The Kier molecular flexibility index (Phi) is 7.74. The number of aliphatic hydroxyl groups excluding tert-OH is 1. The SMILES string of the molecule is CCCOc1ccc(C(O)=C2C(=O)C(=O)N(CCN(C)C)[C@@H]2c2ccc(Br)cc2)cc1C. The van der Waals surface area contributed by atoms with Gasteiger partial charge in [-0.15, -0.1) is 0 Å². The van der Waals surface area contributed by atoms with Gasteiger partial charge in [0.05, 0.1) is 18.2 Å². The van der Waals surface area contributed by atoms with Crippen LogP contribution < -0.4 is 4.74 Å². The molecule has 32 heavy (non-hydrogen) atoms. The third-order valence-electron chi connectivity index (χ3n) is 5.42. The van der Waals surface area contributed by atoms with E-state index in [1.54, 1.807) is 23.1 Å². The Bertz CT molecular complexity index is 1030. The topological polar surface area (TPSA) is 70.1 Å². The van der Waals surface area contributed by atoms with Gasteiger partial charge in [-0.3, -0.25) is 9.59 Å². The molecule has 6 nitrogen and oxygen atoms in total. The molecule has 1 heterocycles. The van der Waals surface area contributed by atoms with Crippen LogP contribution in [-0.4, -0.2) is 60.4 Å². The van der Waals surface area contributed by atoms with Crippen molar-refractivity contribution in [1.29, 1.82) is 0 Å². The minimum atomic E-state index is -0.668. The monoisotopic (exact) mass is 500 g/mol. The normalized spacial score (nSPS) is 17.9. The van der Waals surface area contributed by atoms with Crippen molar-refractivity contribution in [2.45, 2.75) is 26.3 Å². The predicted molar refractivity (Wildman–Crippen MR) is 129 cm³/mol. The van der Waals surface area contributed by atoms with Gasteiger partial charge in [-0.05, 0) is 68.9 Å². The number of ketones is 1. The lowest BCUT2D eigenvalue weighted by atomic mass is 9.95. The molecule has 0 spiro atoms. The second kappa shape index (κ2) is 10.3. The van der Waals surface area contributed by atoms with E-state index in [0.29, 0.717) is 25.3 Å². The number of ether oxygens (including phenoxy) is 1. The van der Waals surface area contributed by atoms with Crippen LogP contribution in [0.15, 0.2) is 52.5 Å². The maximum atomic E-state index is 13.1. The number of aliphatic hydroxyl groups is 1. The number of rotatable bonds is 8. The van der Waals surface area contributed by atoms with Gasteiger partial charge in [0.2, 0.25) is 0 Å². The molecule has 1 aliphatic heterocycles. The molecule has 1 atom stereocenters. The van der Waals surface area contributed by atoms with Crippen molar-refractivity contribution in [2.24, 2.45) is 0 Å². The maximum absolute atomic E-state index is 13.1. The molecule has 0 radical (unpaired) electrons. The molecule has 170 valence electrons. The number of carbonyl (C=O) groups is 2. The number of nitrogens with zero attached hydrogens (tertiary/aromatic N) is 2. The van der Waals surface area contributed by atoms with Gasteiger partial charge in [-0.25, -0.2) is 0 Å². The van der Waals surface area contributed by atoms with E-state index < -0.39 is 17.7 Å². The number of likely N-dealkylation sites (tertiary alicyclic amines) is 1. The second-order valence-corrected chi connectivity index (χ2v) is 9.09. The van der Waals surface area contributed by atoms with Crippen LogP contribution in [0, 0.1) is 6.92 Å². The molecule has 3 rings (SSSR count). The number of halogens is 1. The number of Topliss-reactive ketones (excluding diaryl/α,β-unsaturated/α-hetero) is 1. The van der Waals surface area contributed by atoms with Gasteiger partial charge < -0.3 is 19.6 Å². The average Bonchev–Trinajstić information content (AvgIpc) is 3.01. The molecular weight excluding hydrogens is 472 g/mol. The quantitative estimate of drug-likeness (QED) is 0.327. The van der Waals surface area contributed by atoms with Gasteiger partial charge in [0, 0.05) is 23.1 Å². The van der Waals surface area contributed by atoms with Crippen molar-refractivity contribution >= 4 is 33.4 Å². The summed E-state index contributed by atoms with van der Waals surface area (Å²) >= 11 is 3.43. The number of benzene rings is 2. The van der Waals surface area contributed by atoms with Gasteiger partial charge in [-0.2, -0.15) is 0 Å². The van der Waals surface area contributed by atoms with E-state index in [0.717, 1.165) is 27.8 Å². The number of likely N-dealkylation sites (N-methyl/N-ethyl adjacent to an activating group) is 1. The summed E-state index contributed by atoms with van der Waals surface area (Å²) in [5.41, 5.74) is 2.22. The Labute approximate surface area is 197 Å². The van der Waals surface area contributed by atoms with E-state index in [1.165, 1.54) is 0 Å². The molecule has 2 aromatic rings. The minimum absolute atomic E-state index is 0.109. The van der Waals surface area contributed by atoms with E-state index >= 15 is 0 Å². The first-order chi connectivity index (χ1) is 15.2. The third kappa shape index (κ3) is 5.05. The number of aryl methyl sites for hydroxylation is 1. The van der Waals surface area contributed by atoms with Crippen LogP contribution in [-0.2, 0) is 9.59 Å². The summed E-state index contributed by atoms with van der Waals surface area (Å²) in [4.78, 5) is 29.5. The molecule has 2 aromatic carbocycles. The number of amides is 1. The van der Waals surface area contributed by atoms with Crippen molar-refractivity contribution in [3.8, 4) is 5.75 Å². The maximum Gasteiger partial charge on any atom is 0.295 e. The molecule has 0 aromatic heterocycles. The zero-order valence-electron chi connectivity index (χ0n) is 18.9. The highest BCUT2D eigenvalue weighted by Gasteiger charge is 2.45. The van der Waals surface area contributed by atoms with E-state index in [2.05, 4.69) is 15.9 Å². The summed E-state index contributed by atoms with van der Waals surface area (Å²) in [5.74, 6) is -0.702. The van der Waals surface area contributed by atoms with Crippen molar-refractivity contribution in [3.05, 3.63) is 69.2 Å². The molecule has 0 unspecified atom stereocenters. The van der Waals surface area contributed by atoms with Crippen LogP contribution in [0.4, 0.5) is 0 Å². The minimum Gasteiger partial charge on any atom is -0.507 e. The molecular formula is C25H29BrN2O4. The first kappa shape index (κ1) is 24.0. The van der Waals surface area contributed by atoms with Crippen LogP contribution in [0.3, 0.4) is 0 Å². The van der Waals surface area contributed by atoms with Gasteiger partial charge in [0.25, 0.3) is 11.7 Å². The Hall–Kier alpha value is -2.64. The van der Waals surface area contributed by atoms with Crippen LogP contribution >= 0.6 is 15.9 Å². The number of carbonyl (C=O) groups excluding carboxylic acids is 2. The van der Waals surface area contributed by atoms with Crippen LogP contribution in [0.5, 0.6) is 5.75 Å². The molecule has 1 aliphatic rings. The lowest BCUT2D eigenvalue weighted by Gasteiger charge is -2.26. The second-order valence-electron chi connectivity index (χ2n) is 8.18. The van der Waals surface area contributed by atoms with Gasteiger partial charge in [-0.1, -0.05) is 35.0 Å². The fourth-order valence-electron chi connectivity index (χ4n) is 3.74. The first-order valence-corrected chi connectivity index (χ1v) is 11.5. The Morgan fingerprint density at radius 3 is 2.44 bits per heavy atom. The number of hydrogen-bond acceptors (Lipinski definition) is 5. The Morgan fingerprint density at radius 1 is 1.16 bits per heavy atom. The van der Waals surface area contributed by atoms with Gasteiger partial charge in [0.15, 0.2) is 0 Å². The first-order valence-electron chi connectivity index (χ1n) is 10.7. The third-order valence-corrected chi connectivity index (χ3v) is 5.95. The standard InChI is InChI=1S/C25H29BrN2O4/c1-5-14-32-20-11-8-18(15-16(20)2)23(29)21-22(17-6-9-19(26)10-7-17)28(13-12-27(3)4)25(31)24(21)30/h6-11,15,22,29H,5,12-14H2,1-4H3/t22-/m1/s1. The Balaban J connectivity index is 2.09. The molecule has 1 fully saturated rings. The summed E-state index contributed by atoms with van der Waals surface area (Å²) in [6.45, 7) is 5.50. The zero-order valence-corrected chi connectivity index (χ0v) is 20.5. The van der Waals surface area contributed by atoms with Gasteiger partial charge in [0.1, 0.15) is 11.5 Å². The smallest absolute Gasteiger partial charge is 0.295 e. The van der Waals surface area contributed by atoms with Crippen LogP contribution in [0.2, 0.25) is 0 Å². The molecule has 1 amide bonds. The van der Waals surface area contributed by atoms with Gasteiger partial charge >= 0.3 is 0 Å². The molecule has 0 saturated carbocycles. The van der Waals surface area contributed by atoms with Crippen molar-refractivity contribution in [1.82, 2.24) is 9.80 Å². The lowest BCUT2D eigenvalue weighted by Crippen LogP contribution is -2.35. The average molecular weight is 501 g/mol. The molecule has 1 saturated heterocycles. The van der Waals surface area contributed by atoms with Crippen molar-refractivity contribution in [3.63, 3.8) is 0 Å². The van der Waals surface area contributed by atoms with Crippen LogP contribution in [0.25, 0.3) is 5.76 Å². The molecule has 0 aliphatic carbocycles. The summed E-state index contributed by atoms with van der Waals surface area (Å²) < 4.78 is 6.61. The van der Waals surface area contributed by atoms with E-state index in [1.807, 2.05) is 57.1 Å². The highest BCUT2D eigenvalue weighted by Crippen LogP contribution is 2.40. The molecule has 7 heteroatoms. The molecule has 1 N–H and O–H groups in total. The summed E-state index contributed by atoms with van der Waals surface area (Å²) in [6.07, 6.45) is 0.894. The summed E-state index contributed by atoms with van der Waals surface area (Å²) in [6, 6.07) is 12.1. The van der Waals surface area contributed by atoms with E-state index in [9.17, 15) is 14.7 Å². The van der Waals surface area contributed by atoms with Crippen LogP contribution in [0.1, 0.15) is 36.1 Å². The Morgan fingerprint density at radius 2 is 1.84 bits per heavy atom. The fraction of sp³-hybridized carbons (Fsp3) is 0.360. The fourth-order valence-corrected chi connectivity index (χ4v) is 4.00. The predicted octanol–water partition coefficient (Wildman–Crippen LogP) is 4.53. The zero-order chi connectivity index (χ0) is 23.4. The largest absolute Gasteiger partial charge is 0.507 e. The van der Waals surface area contributed by atoms with Crippen molar-refractivity contribution < 1.29 is 19.4 Å². The highest BCUT2D eigenvalue weighted by atomic mass is 79.9.